The van der Waals surface area contributed by atoms with Gasteiger partial charge < -0.3 is 15.2 Å². The van der Waals surface area contributed by atoms with Gasteiger partial charge in [-0.15, -0.1) is 0 Å². The van der Waals surface area contributed by atoms with Crippen molar-refractivity contribution in [3.8, 4) is 17.2 Å². The van der Waals surface area contributed by atoms with E-state index in [0.29, 0.717) is 6.54 Å². The molecule has 0 aromatic heterocycles. The van der Waals surface area contributed by atoms with Crippen molar-refractivity contribution in [2.45, 2.75) is 20.3 Å². The molecule has 0 aliphatic heterocycles. The molecule has 106 valence electrons. The van der Waals surface area contributed by atoms with Gasteiger partial charge in [0.15, 0.2) is 11.5 Å². The number of ether oxygens (including phenoxy) is 2. The van der Waals surface area contributed by atoms with Gasteiger partial charge in [0.25, 0.3) is 0 Å². The zero-order valence-electron chi connectivity index (χ0n) is 12.3. The summed E-state index contributed by atoms with van der Waals surface area (Å²) in [5.41, 5.74) is 9.02. The molecule has 0 saturated carbocycles. The maximum absolute atomic E-state index is 6.01. The second kappa shape index (κ2) is 6.44. The molecule has 0 aliphatic carbocycles. The minimum Gasteiger partial charge on any atom is -0.493 e. The van der Waals surface area contributed by atoms with Crippen molar-refractivity contribution in [1.29, 1.82) is 0 Å². The molecule has 3 nitrogen and oxygen atoms in total. The van der Waals surface area contributed by atoms with Crippen molar-refractivity contribution in [3.63, 3.8) is 0 Å². The van der Waals surface area contributed by atoms with E-state index in [-0.39, 0.29) is 0 Å². The molecule has 0 heterocycles. The van der Waals surface area contributed by atoms with Crippen LogP contribution >= 0.6 is 0 Å². The molecule has 2 aromatic rings. The van der Waals surface area contributed by atoms with Gasteiger partial charge in [0.2, 0.25) is 0 Å². The highest BCUT2D eigenvalue weighted by atomic mass is 16.5. The van der Waals surface area contributed by atoms with Crippen molar-refractivity contribution in [2.75, 3.05) is 13.7 Å². The minimum atomic E-state index is 0.635. The molecule has 0 amide bonds. The maximum atomic E-state index is 6.01. The van der Waals surface area contributed by atoms with E-state index in [4.69, 9.17) is 15.2 Å². The lowest BCUT2D eigenvalue weighted by Gasteiger charge is -2.13. The van der Waals surface area contributed by atoms with Crippen LogP contribution in [0.25, 0.3) is 0 Å². The Bertz CT molecular complexity index is 594. The first kappa shape index (κ1) is 14.4. The molecular weight excluding hydrogens is 250 g/mol. The molecule has 0 spiro atoms. The van der Waals surface area contributed by atoms with Gasteiger partial charge in [-0.25, -0.2) is 0 Å². The van der Waals surface area contributed by atoms with Crippen molar-refractivity contribution in [1.82, 2.24) is 0 Å². The number of rotatable bonds is 5. The molecule has 2 rings (SSSR count). The third kappa shape index (κ3) is 3.31. The minimum absolute atomic E-state index is 0.635. The zero-order chi connectivity index (χ0) is 14.5. The number of aryl methyl sites for hydroxylation is 2. The first-order valence-corrected chi connectivity index (χ1v) is 6.76. The summed E-state index contributed by atoms with van der Waals surface area (Å²) in [6, 6.07) is 12.1. The first-order chi connectivity index (χ1) is 9.63. The largest absolute Gasteiger partial charge is 0.493 e. The predicted octanol–water partition coefficient (Wildman–Crippen LogP) is 3.61. The lowest BCUT2D eigenvalue weighted by atomic mass is 10.1. The summed E-state index contributed by atoms with van der Waals surface area (Å²) in [4.78, 5) is 0. The molecular formula is C17H21NO2. The highest BCUT2D eigenvalue weighted by Crippen LogP contribution is 2.34. The van der Waals surface area contributed by atoms with Crippen molar-refractivity contribution < 1.29 is 9.47 Å². The summed E-state index contributed by atoms with van der Waals surface area (Å²) in [6.45, 7) is 4.69. The smallest absolute Gasteiger partial charge is 0.169 e. The van der Waals surface area contributed by atoms with Crippen molar-refractivity contribution in [3.05, 3.63) is 53.1 Å². The van der Waals surface area contributed by atoms with Gasteiger partial charge in [0.1, 0.15) is 5.75 Å². The van der Waals surface area contributed by atoms with E-state index >= 15 is 0 Å². The quantitative estimate of drug-likeness (QED) is 0.903. The molecule has 0 bridgehead atoms. The fraction of sp³-hybridized carbons (Fsp3) is 0.294. The Labute approximate surface area is 120 Å². The fourth-order valence-corrected chi connectivity index (χ4v) is 2.05. The van der Waals surface area contributed by atoms with Crippen LogP contribution in [0.1, 0.15) is 16.7 Å². The van der Waals surface area contributed by atoms with Crippen LogP contribution in [0, 0.1) is 13.8 Å². The van der Waals surface area contributed by atoms with Crippen LogP contribution in [0.2, 0.25) is 0 Å². The fourth-order valence-electron chi connectivity index (χ4n) is 2.05. The lowest BCUT2D eigenvalue weighted by Crippen LogP contribution is -2.03. The molecule has 2 aromatic carbocycles. The Balaban J connectivity index is 2.31. The third-order valence-electron chi connectivity index (χ3n) is 3.22. The van der Waals surface area contributed by atoms with Gasteiger partial charge in [-0.3, -0.25) is 0 Å². The van der Waals surface area contributed by atoms with E-state index in [1.54, 1.807) is 7.11 Å². The average Bonchev–Trinajstić information content (AvgIpc) is 2.44. The number of nitrogens with two attached hydrogens (primary N) is 1. The van der Waals surface area contributed by atoms with Crippen LogP contribution in [0.15, 0.2) is 36.4 Å². The number of benzene rings is 2. The standard InChI is InChI=1S/C17H21NO2/c1-12-4-7-15(17(10-12)19-3)20-16-11-14(8-9-18)6-5-13(16)2/h4-7,10-11H,8-9,18H2,1-3H3. The molecule has 0 atom stereocenters. The van der Waals surface area contributed by atoms with Gasteiger partial charge in [0, 0.05) is 0 Å². The van der Waals surface area contributed by atoms with Crippen LogP contribution in [0.4, 0.5) is 0 Å². The van der Waals surface area contributed by atoms with E-state index < -0.39 is 0 Å². The molecule has 2 N–H and O–H groups in total. The van der Waals surface area contributed by atoms with Gasteiger partial charge in [-0.05, 0) is 61.7 Å². The van der Waals surface area contributed by atoms with Crippen molar-refractivity contribution in [2.24, 2.45) is 5.73 Å². The molecule has 20 heavy (non-hydrogen) atoms. The Morgan fingerprint density at radius 3 is 2.45 bits per heavy atom. The first-order valence-electron chi connectivity index (χ1n) is 6.76. The molecule has 0 saturated heterocycles. The Morgan fingerprint density at radius 2 is 1.75 bits per heavy atom. The van der Waals surface area contributed by atoms with E-state index in [0.717, 1.165) is 34.8 Å². The van der Waals surface area contributed by atoms with E-state index in [1.165, 1.54) is 5.56 Å². The topological polar surface area (TPSA) is 44.5 Å². The molecule has 0 fully saturated rings. The SMILES string of the molecule is COc1cc(C)ccc1Oc1cc(CCN)ccc1C. The predicted molar refractivity (Wildman–Crippen MR) is 81.7 cm³/mol. The van der Waals surface area contributed by atoms with Crippen LogP contribution < -0.4 is 15.2 Å². The van der Waals surface area contributed by atoms with E-state index in [1.807, 2.05) is 38.1 Å². The summed E-state index contributed by atoms with van der Waals surface area (Å²) in [5, 5.41) is 0. The van der Waals surface area contributed by atoms with E-state index in [2.05, 4.69) is 12.1 Å². The van der Waals surface area contributed by atoms with Gasteiger partial charge in [-0.1, -0.05) is 18.2 Å². The summed E-state index contributed by atoms with van der Waals surface area (Å²) >= 11 is 0. The monoisotopic (exact) mass is 271 g/mol. The third-order valence-corrected chi connectivity index (χ3v) is 3.22. The summed E-state index contributed by atoms with van der Waals surface area (Å²) in [6.07, 6.45) is 0.849. The molecule has 0 unspecified atom stereocenters. The van der Waals surface area contributed by atoms with Crippen LogP contribution in [0.5, 0.6) is 17.2 Å². The summed E-state index contributed by atoms with van der Waals surface area (Å²) < 4.78 is 11.4. The van der Waals surface area contributed by atoms with Gasteiger partial charge >= 0.3 is 0 Å². The Kier molecular flexibility index (Phi) is 4.64. The average molecular weight is 271 g/mol. The number of hydrogen-bond acceptors (Lipinski definition) is 3. The highest BCUT2D eigenvalue weighted by Gasteiger charge is 2.08. The number of hydrogen-bond donors (Lipinski definition) is 1. The normalized spacial score (nSPS) is 10.4. The second-order valence-corrected chi connectivity index (χ2v) is 4.89. The summed E-state index contributed by atoms with van der Waals surface area (Å²) in [5.74, 6) is 2.32. The Morgan fingerprint density at radius 1 is 0.950 bits per heavy atom. The maximum Gasteiger partial charge on any atom is 0.169 e. The van der Waals surface area contributed by atoms with Crippen LogP contribution in [-0.2, 0) is 6.42 Å². The van der Waals surface area contributed by atoms with Crippen molar-refractivity contribution >= 4 is 0 Å². The molecule has 0 aliphatic rings. The van der Waals surface area contributed by atoms with Crippen LogP contribution in [-0.4, -0.2) is 13.7 Å². The summed E-state index contributed by atoms with van der Waals surface area (Å²) in [7, 11) is 1.65. The number of methoxy groups -OCH3 is 1. The van der Waals surface area contributed by atoms with Gasteiger partial charge in [-0.2, -0.15) is 0 Å². The van der Waals surface area contributed by atoms with Crippen LogP contribution in [0.3, 0.4) is 0 Å². The zero-order valence-corrected chi connectivity index (χ0v) is 12.3. The lowest BCUT2D eigenvalue weighted by molar-refractivity contribution is 0.377. The second-order valence-electron chi connectivity index (χ2n) is 4.89. The van der Waals surface area contributed by atoms with E-state index in [9.17, 15) is 0 Å². The van der Waals surface area contributed by atoms with Gasteiger partial charge in [0.05, 0.1) is 7.11 Å². The molecule has 3 heteroatoms. The Hall–Kier alpha value is -2.00. The molecule has 0 radical (unpaired) electrons. The highest BCUT2D eigenvalue weighted by molar-refractivity contribution is 5.47.